The molecule has 160 valence electrons. The van der Waals surface area contributed by atoms with E-state index in [1.165, 1.54) is 116 Å². The van der Waals surface area contributed by atoms with Gasteiger partial charge in [-0.15, -0.1) is 5.92 Å². The zero-order chi connectivity index (χ0) is 19.8. The summed E-state index contributed by atoms with van der Waals surface area (Å²) in [7, 11) is 0. The number of hydrogen-bond acceptors (Lipinski definition) is 1. The molecule has 27 heavy (non-hydrogen) atoms. The van der Waals surface area contributed by atoms with E-state index in [1.807, 2.05) is 0 Å². The normalized spacial score (nSPS) is 12.0. The minimum Gasteiger partial charge on any atom is -0.380 e. The molecule has 1 atom stereocenters. The number of aliphatic hydroxyl groups is 1. The Balaban J connectivity index is 3.22. The van der Waals surface area contributed by atoms with Gasteiger partial charge in [0.25, 0.3) is 0 Å². The van der Waals surface area contributed by atoms with Gasteiger partial charge in [0, 0.05) is 6.42 Å². The lowest BCUT2D eigenvalue weighted by atomic mass is 10.0. The van der Waals surface area contributed by atoms with Gasteiger partial charge in [0.05, 0.1) is 0 Å². The van der Waals surface area contributed by atoms with Gasteiger partial charge in [0.15, 0.2) is 0 Å². The molecule has 0 aromatic carbocycles. The third-order valence-electron chi connectivity index (χ3n) is 5.51. The average Bonchev–Trinajstić information content (AvgIpc) is 2.67. The van der Waals surface area contributed by atoms with Crippen molar-refractivity contribution >= 4 is 0 Å². The van der Waals surface area contributed by atoms with E-state index in [-0.39, 0.29) is 0 Å². The molecule has 0 amide bonds. The van der Waals surface area contributed by atoms with E-state index in [0.717, 1.165) is 19.3 Å². The van der Waals surface area contributed by atoms with Crippen LogP contribution in [0.4, 0.5) is 0 Å². The predicted octanol–water partition coefficient (Wildman–Crippen LogP) is 8.58. The van der Waals surface area contributed by atoms with Crippen LogP contribution in [0.15, 0.2) is 0 Å². The maximum atomic E-state index is 9.88. The Morgan fingerprint density at radius 3 is 1.33 bits per heavy atom. The van der Waals surface area contributed by atoms with Crippen molar-refractivity contribution in [2.75, 3.05) is 0 Å². The van der Waals surface area contributed by atoms with Crippen molar-refractivity contribution in [2.24, 2.45) is 0 Å². The highest BCUT2D eigenvalue weighted by Crippen LogP contribution is 2.13. The maximum absolute atomic E-state index is 9.88. The van der Waals surface area contributed by atoms with Crippen molar-refractivity contribution < 1.29 is 5.11 Å². The van der Waals surface area contributed by atoms with Gasteiger partial charge >= 0.3 is 0 Å². The number of hydrogen-bond donors (Lipinski definition) is 1. The Kier molecular flexibility index (Phi) is 23.1. The fourth-order valence-electron chi connectivity index (χ4n) is 3.61. The minimum atomic E-state index is -0.391. The summed E-state index contributed by atoms with van der Waals surface area (Å²) in [6, 6.07) is 0. The smallest absolute Gasteiger partial charge is 0.114 e. The van der Waals surface area contributed by atoms with Gasteiger partial charge in [-0.2, -0.15) is 0 Å². The zero-order valence-electron chi connectivity index (χ0n) is 18.9. The first-order valence-electron chi connectivity index (χ1n) is 12.5. The summed E-state index contributed by atoms with van der Waals surface area (Å²) in [5.74, 6) is 6.22. The van der Waals surface area contributed by atoms with Crippen LogP contribution in [0.1, 0.15) is 149 Å². The van der Waals surface area contributed by atoms with Crippen LogP contribution in [-0.4, -0.2) is 11.2 Å². The number of aliphatic hydroxyl groups excluding tert-OH is 1. The largest absolute Gasteiger partial charge is 0.380 e. The molecule has 0 aliphatic rings. The van der Waals surface area contributed by atoms with E-state index in [0.29, 0.717) is 0 Å². The Morgan fingerprint density at radius 1 is 0.519 bits per heavy atom. The highest BCUT2D eigenvalue weighted by Gasteiger charge is 1.98. The summed E-state index contributed by atoms with van der Waals surface area (Å²) in [6.45, 7) is 4.53. The molecule has 0 bridgehead atoms. The summed E-state index contributed by atoms with van der Waals surface area (Å²) >= 11 is 0. The van der Waals surface area contributed by atoms with Gasteiger partial charge in [0.2, 0.25) is 0 Å². The quantitative estimate of drug-likeness (QED) is 0.166. The second-order valence-electron chi connectivity index (χ2n) is 8.39. The summed E-state index contributed by atoms with van der Waals surface area (Å²) in [5.41, 5.74) is 0. The molecule has 1 unspecified atom stereocenters. The first kappa shape index (κ1) is 26.5. The van der Waals surface area contributed by atoms with Crippen molar-refractivity contribution in [3.8, 4) is 11.8 Å². The Labute approximate surface area is 172 Å². The van der Waals surface area contributed by atoms with Crippen LogP contribution in [0, 0.1) is 11.8 Å². The molecule has 0 fully saturated rings. The van der Waals surface area contributed by atoms with Crippen molar-refractivity contribution in [3.63, 3.8) is 0 Å². The van der Waals surface area contributed by atoms with Crippen LogP contribution in [-0.2, 0) is 0 Å². The van der Waals surface area contributed by atoms with Gasteiger partial charge in [0.1, 0.15) is 6.10 Å². The van der Waals surface area contributed by atoms with Gasteiger partial charge in [-0.1, -0.05) is 129 Å². The molecule has 0 aliphatic carbocycles. The van der Waals surface area contributed by atoms with Crippen LogP contribution >= 0.6 is 0 Å². The molecule has 0 heterocycles. The molecule has 0 saturated carbocycles. The summed E-state index contributed by atoms with van der Waals surface area (Å²) in [6.07, 6.45) is 27.2. The van der Waals surface area contributed by atoms with Crippen LogP contribution in [0.3, 0.4) is 0 Å². The van der Waals surface area contributed by atoms with Gasteiger partial charge in [-0.3, -0.25) is 0 Å². The molecule has 0 spiro atoms. The van der Waals surface area contributed by atoms with E-state index in [1.54, 1.807) is 0 Å². The van der Waals surface area contributed by atoms with Crippen molar-refractivity contribution in [3.05, 3.63) is 0 Å². The fraction of sp³-hybridized carbons (Fsp3) is 0.923. The monoisotopic (exact) mass is 378 g/mol. The molecule has 1 nitrogen and oxygen atoms in total. The molecular weight excluding hydrogens is 328 g/mol. The number of unbranched alkanes of at least 4 members (excludes halogenated alkanes) is 18. The van der Waals surface area contributed by atoms with E-state index in [2.05, 4.69) is 25.7 Å². The van der Waals surface area contributed by atoms with E-state index >= 15 is 0 Å². The SMILES string of the molecule is CCCCCCCCCCCCCCCC#CC(O)CCCCCCCC. The van der Waals surface area contributed by atoms with E-state index in [9.17, 15) is 5.11 Å². The average molecular weight is 379 g/mol. The second kappa shape index (κ2) is 23.6. The van der Waals surface area contributed by atoms with Crippen LogP contribution in [0.2, 0.25) is 0 Å². The first-order chi connectivity index (χ1) is 13.3. The number of rotatable bonds is 20. The maximum Gasteiger partial charge on any atom is 0.114 e. The molecule has 0 aromatic rings. The third kappa shape index (κ3) is 23.5. The second-order valence-corrected chi connectivity index (χ2v) is 8.39. The Hall–Kier alpha value is -0.480. The standard InChI is InChI=1S/C26H50O/c1-3-5-7-9-11-12-13-14-15-16-17-18-19-21-23-25-26(27)24-22-20-10-8-6-4-2/h26-27H,3-22,24H2,1-2H3. The lowest BCUT2D eigenvalue weighted by molar-refractivity contribution is 0.217. The Morgan fingerprint density at radius 2 is 0.889 bits per heavy atom. The van der Waals surface area contributed by atoms with Gasteiger partial charge < -0.3 is 5.11 Å². The summed E-state index contributed by atoms with van der Waals surface area (Å²) < 4.78 is 0. The van der Waals surface area contributed by atoms with E-state index < -0.39 is 6.10 Å². The van der Waals surface area contributed by atoms with Crippen LogP contribution in [0.5, 0.6) is 0 Å². The third-order valence-corrected chi connectivity index (χ3v) is 5.51. The van der Waals surface area contributed by atoms with E-state index in [4.69, 9.17) is 0 Å². The lowest BCUT2D eigenvalue weighted by Crippen LogP contribution is -2.02. The van der Waals surface area contributed by atoms with Gasteiger partial charge in [-0.25, -0.2) is 0 Å². The molecular formula is C26H50O. The highest BCUT2D eigenvalue weighted by molar-refractivity contribution is 5.04. The predicted molar refractivity (Wildman–Crippen MR) is 122 cm³/mol. The summed E-state index contributed by atoms with van der Waals surface area (Å²) in [5, 5.41) is 9.88. The molecule has 0 radical (unpaired) electrons. The minimum absolute atomic E-state index is 0.391. The fourth-order valence-corrected chi connectivity index (χ4v) is 3.61. The molecule has 0 saturated heterocycles. The molecule has 0 rings (SSSR count). The summed E-state index contributed by atoms with van der Waals surface area (Å²) in [4.78, 5) is 0. The lowest BCUT2D eigenvalue weighted by Gasteiger charge is -2.03. The molecule has 0 aliphatic heterocycles. The van der Waals surface area contributed by atoms with Crippen LogP contribution < -0.4 is 0 Å². The first-order valence-corrected chi connectivity index (χ1v) is 12.5. The van der Waals surface area contributed by atoms with Crippen molar-refractivity contribution in [1.82, 2.24) is 0 Å². The van der Waals surface area contributed by atoms with Crippen molar-refractivity contribution in [1.29, 1.82) is 0 Å². The highest BCUT2D eigenvalue weighted by atomic mass is 16.3. The van der Waals surface area contributed by atoms with Gasteiger partial charge in [-0.05, 0) is 19.3 Å². The molecule has 0 aromatic heterocycles. The molecule has 1 heteroatoms. The van der Waals surface area contributed by atoms with Crippen molar-refractivity contribution in [2.45, 2.75) is 155 Å². The topological polar surface area (TPSA) is 20.2 Å². The zero-order valence-corrected chi connectivity index (χ0v) is 18.9. The Bertz CT molecular complexity index is 325. The van der Waals surface area contributed by atoms with Crippen LogP contribution in [0.25, 0.3) is 0 Å². The molecule has 1 N–H and O–H groups in total.